The number of hydrogen-bond acceptors (Lipinski definition) is 3. The molecule has 0 aliphatic heterocycles. The highest BCUT2D eigenvalue weighted by molar-refractivity contribution is 9.10. The first kappa shape index (κ1) is 13.6. The van der Waals surface area contributed by atoms with Crippen molar-refractivity contribution >= 4 is 39.1 Å². The van der Waals surface area contributed by atoms with Crippen LogP contribution in [-0.4, -0.2) is 4.98 Å². The van der Waals surface area contributed by atoms with E-state index in [-0.39, 0.29) is 6.54 Å². The van der Waals surface area contributed by atoms with Crippen molar-refractivity contribution < 1.29 is 4.74 Å². The number of pyridine rings is 1. The van der Waals surface area contributed by atoms with Crippen LogP contribution in [0.1, 0.15) is 5.69 Å². The van der Waals surface area contributed by atoms with Crippen LogP contribution in [0.25, 0.3) is 0 Å². The van der Waals surface area contributed by atoms with Crippen LogP contribution >= 0.6 is 39.1 Å². The summed E-state index contributed by atoms with van der Waals surface area (Å²) in [7, 11) is 0. The molecule has 0 bridgehead atoms. The zero-order chi connectivity index (χ0) is 13.1. The third kappa shape index (κ3) is 3.14. The summed E-state index contributed by atoms with van der Waals surface area (Å²) in [6, 6.07) is 8.63. The van der Waals surface area contributed by atoms with Crippen LogP contribution in [0.15, 0.2) is 34.8 Å². The molecule has 0 unspecified atom stereocenters. The Morgan fingerprint density at radius 3 is 2.67 bits per heavy atom. The summed E-state index contributed by atoms with van der Waals surface area (Å²) < 4.78 is 6.38. The molecular weight excluding hydrogens is 339 g/mol. The number of rotatable bonds is 3. The van der Waals surface area contributed by atoms with Gasteiger partial charge in [-0.25, -0.2) is 4.98 Å². The normalized spacial score (nSPS) is 10.4. The van der Waals surface area contributed by atoms with E-state index in [2.05, 4.69) is 20.9 Å². The van der Waals surface area contributed by atoms with E-state index >= 15 is 0 Å². The van der Waals surface area contributed by atoms with Crippen LogP contribution in [0.2, 0.25) is 10.0 Å². The number of benzene rings is 1. The van der Waals surface area contributed by atoms with E-state index in [0.717, 1.165) is 4.47 Å². The van der Waals surface area contributed by atoms with E-state index in [0.29, 0.717) is 27.4 Å². The van der Waals surface area contributed by atoms with Crippen molar-refractivity contribution in [2.24, 2.45) is 5.73 Å². The summed E-state index contributed by atoms with van der Waals surface area (Å²) in [5, 5.41) is 1.15. The highest BCUT2D eigenvalue weighted by Crippen LogP contribution is 2.31. The molecule has 0 amide bonds. The van der Waals surface area contributed by atoms with Gasteiger partial charge in [-0.3, -0.25) is 0 Å². The third-order valence-electron chi connectivity index (χ3n) is 2.19. The van der Waals surface area contributed by atoms with Crippen molar-refractivity contribution in [1.29, 1.82) is 0 Å². The Kier molecular flexibility index (Phi) is 4.45. The molecule has 6 heteroatoms. The number of nitrogens with zero attached hydrogens (tertiary/aromatic N) is 1. The number of nitrogens with two attached hydrogens (primary N) is 1. The summed E-state index contributed by atoms with van der Waals surface area (Å²) in [5.74, 6) is 1.06. The average molecular weight is 348 g/mol. The van der Waals surface area contributed by atoms with Crippen LogP contribution in [-0.2, 0) is 6.54 Å². The fourth-order valence-electron chi connectivity index (χ4n) is 1.33. The Bertz CT molecular complexity index is 578. The third-order valence-corrected chi connectivity index (χ3v) is 3.39. The molecule has 0 spiro atoms. The molecule has 1 heterocycles. The Morgan fingerprint density at radius 1 is 1.22 bits per heavy atom. The second-order valence-corrected chi connectivity index (χ2v) is 5.16. The van der Waals surface area contributed by atoms with Crippen molar-refractivity contribution in [3.8, 4) is 11.6 Å². The van der Waals surface area contributed by atoms with Crippen LogP contribution in [0.5, 0.6) is 11.6 Å². The molecular formula is C12H9BrCl2N2O. The molecule has 1 aromatic carbocycles. The predicted molar refractivity (Wildman–Crippen MR) is 76.4 cm³/mol. The molecule has 0 aliphatic rings. The fraction of sp³-hybridized carbons (Fsp3) is 0.0833. The largest absolute Gasteiger partial charge is 0.438 e. The molecule has 0 fully saturated rings. The van der Waals surface area contributed by atoms with E-state index in [1.165, 1.54) is 0 Å². The topological polar surface area (TPSA) is 48.1 Å². The molecule has 2 N–H and O–H groups in total. The lowest BCUT2D eigenvalue weighted by Gasteiger charge is -2.08. The van der Waals surface area contributed by atoms with Crippen LogP contribution in [0.3, 0.4) is 0 Å². The summed E-state index contributed by atoms with van der Waals surface area (Å²) in [6.07, 6.45) is 0. The zero-order valence-corrected chi connectivity index (χ0v) is 12.3. The van der Waals surface area contributed by atoms with Crippen molar-refractivity contribution in [3.63, 3.8) is 0 Å². The van der Waals surface area contributed by atoms with Gasteiger partial charge in [0.2, 0.25) is 5.88 Å². The van der Waals surface area contributed by atoms with E-state index in [9.17, 15) is 0 Å². The van der Waals surface area contributed by atoms with Crippen molar-refractivity contribution in [1.82, 2.24) is 4.98 Å². The summed E-state index contributed by atoms with van der Waals surface area (Å²) >= 11 is 15.1. The molecule has 0 saturated carbocycles. The summed E-state index contributed by atoms with van der Waals surface area (Å²) in [6.45, 7) is 0.262. The molecule has 94 valence electrons. The van der Waals surface area contributed by atoms with Gasteiger partial charge in [-0.2, -0.15) is 0 Å². The van der Waals surface area contributed by atoms with Crippen LogP contribution in [0.4, 0.5) is 0 Å². The molecule has 0 aliphatic carbocycles. The minimum atomic E-state index is 0.262. The summed E-state index contributed by atoms with van der Waals surface area (Å²) in [5.41, 5.74) is 6.13. The maximum absolute atomic E-state index is 5.93. The van der Waals surface area contributed by atoms with E-state index in [1.807, 2.05) is 0 Å². The minimum Gasteiger partial charge on any atom is -0.438 e. The lowest BCUT2D eigenvalue weighted by Crippen LogP contribution is -2.01. The maximum Gasteiger partial charge on any atom is 0.219 e. The first-order chi connectivity index (χ1) is 8.60. The van der Waals surface area contributed by atoms with Crippen LogP contribution < -0.4 is 10.5 Å². The quantitative estimate of drug-likeness (QED) is 0.894. The molecule has 2 rings (SSSR count). The second-order valence-electron chi connectivity index (χ2n) is 3.46. The number of aromatic nitrogens is 1. The predicted octanol–water partition coefficient (Wildman–Crippen LogP) is 4.40. The first-order valence-electron chi connectivity index (χ1n) is 5.08. The number of ether oxygens (including phenoxy) is 1. The van der Waals surface area contributed by atoms with E-state index in [1.54, 1.807) is 30.3 Å². The zero-order valence-electron chi connectivity index (χ0n) is 9.16. The Morgan fingerprint density at radius 2 is 2.00 bits per heavy atom. The molecule has 2 aromatic rings. The lowest BCUT2D eigenvalue weighted by atomic mass is 10.3. The van der Waals surface area contributed by atoms with Gasteiger partial charge >= 0.3 is 0 Å². The molecule has 18 heavy (non-hydrogen) atoms. The Balaban J connectivity index is 2.28. The number of halogens is 3. The fourth-order valence-corrected chi connectivity index (χ4v) is 2.28. The van der Waals surface area contributed by atoms with Gasteiger partial charge in [0.25, 0.3) is 0 Å². The SMILES string of the molecule is NCc1nc(Oc2ccc(Cl)cc2Br)ccc1Cl. The smallest absolute Gasteiger partial charge is 0.219 e. The maximum atomic E-state index is 5.93. The molecule has 1 aromatic heterocycles. The summed E-state index contributed by atoms with van der Waals surface area (Å²) in [4.78, 5) is 4.22. The Labute approximate surface area is 123 Å². The minimum absolute atomic E-state index is 0.262. The monoisotopic (exact) mass is 346 g/mol. The second kappa shape index (κ2) is 5.89. The van der Waals surface area contributed by atoms with Crippen LogP contribution in [0, 0.1) is 0 Å². The molecule has 0 saturated heterocycles. The Hall–Kier alpha value is -0.810. The van der Waals surface area contributed by atoms with Gasteiger partial charge in [-0.15, -0.1) is 0 Å². The van der Waals surface area contributed by atoms with E-state index < -0.39 is 0 Å². The van der Waals surface area contributed by atoms with Gasteiger partial charge in [0.15, 0.2) is 0 Å². The van der Waals surface area contributed by atoms with Gasteiger partial charge in [0.05, 0.1) is 15.2 Å². The van der Waals surface area contributed by atoms with E-state index in [4.69, 9.17) is 33.7 Å². The van der Waals surface area contributed by atoms with Crippen molar-refractivity contribution in [2.75, 3.05) is 0 Å². The highest BCUT2D eigenvalue weighted by Gasteiger charge is 2.07. The highest BCUT2D eigenvalue weighted by atomic mass is 79.9. The molecule has 0 atom stereocenters. The number of hydrogen-bond donors (Lipinski definition) is 1. The van der Waals surface area contributed by atoms with Crippen molar-refractivity contribution in [2.45, 2.75) is 6.54 Å². The first-order valence-corrected chi connectivity index (χ1v) is 6.63. The van der Waals surface area contributed by atoms with Gasteiger partial charge in [0.1, 0.15) is 5.75 Å². The standard InChI is InChI=1S/C12H9BrCl2N2O/c13-8-5-7(14)1-3-11(8)18-12-4-2-9(15)10(6-16)17-12/h1-5H,6,16H2. The lowest BCUT2D eigenvalue weighted by molar-refractivity contribution is 0.458. The van der Waals surface area contributed by atoms with Gasteiger partial charge in [-0.1, -0.05) is 23.2 Å². The van der Waals surface area contributed by atoms with Gasteiger partial charge < -0.3 is 10.5 Å². The average Bonchev–Trinajstić information content (AvgIpc) is 2.35. The van der Waals surface area contributed by atoms with Gasteiger partial charge in [0, 0.05) is 17.6 Å². The molecule has 3 nitrogen and oxygen atoms in total. The van der Waals surface area contributed by atoms with Crippen molar-refractivity contribution in [3.05, 3.63) is 50.5 Å². The van der Waals surface area contributed by atoms with Gasteiger partial charge in [-0.05, 0) is 40.2 Å². The molecule has 0 radical (unpaired) electrons.